The molecule has 0 fully saturated rings. The van der Waals surface area contributed by atoms with E-state index in [2.05, 4.69) is 64.3 Å². The van der Waals surface area contributed by atoms with Crippen molar-refractivity contribution in [2.45, 2.75) is 40.5 Å². The van der Waals surface area contributed by atoms with Crippen LogP contribution in [0.1, 0.15) is 40.5 Å². The van der Waals surface area contributed by atoms with Crippen LogP contribution in [0.25, 0.3) is 0 Å². The van der Waals surface area contributed by atoms with Crippen molar-refractivity contribution >= 4 is 5.71 Å². The smallest absolute Gasteiger partial charge is 0.0741 e. The molecule has 0 aromatic carbocycles. The number of hydrogen-bond donors (Lipinski definition) is 0. The van der Waals surface area contributed by atoms with Crippen molar-refractivity contribution < 1.29 is 0 Å². The lowest BCUT2D eigenvalue weighted by atomic mass is 9.93. The van der Waals surface area contributed by atoms with Crippen LogP contribution in [-0.2, 0) is 0 Å². The van der Waals surface area contributed by atoms with Gasteiger partial charge in [0.1, 0.15) is 0 Å². The molecule has 1 unspecified atom stereocenters. The average Bonchev–Trinajstić information content (AvgIpc) is 2.81. The quantitative estimate of drug-likeness (QED) is 0.543. The topological polar surface area (TPSA) is 12.4 Å². The molecular formula is C22H27N. The molecule has 120 valence electrons. The third kappa shape index (κ3) is 3.98. The third-order valence-electron chi connectivity index (χ3n) is 4.34. The van der Waals surface area contributed by atoms with Crippen molar-refractivity contribution in [2.75, 3.05) is 0 Å². The summed E-state index contributed by atoms with van der Waals surface area (Å²) >= 11 is 0. The molecule has 0 aromatic rings. The van der Waals surface area contributed by atoms with Crippen LogP contribution >= 0.6 is 0 Å². The molecule has 0 saturated heterocycles. The number of aliphatic imine (C=N–C) groups is 1. The van der Waals surface area contributed by atoms with Crippen LogP contribution in [0.15, 0.2) is 88.2 Å². The van der Waals surface area contributed by atoms with E-state index in [0.717, 1.165) is 41.0 Å². The molecule has 0 saturated carbocycles. The highest BCUT2D eigenvalue weighted by atomic mass is 14.8. The van der Waals surface area contributed by atoms with Crippen molar-refractivity contribution in [1.82, 2.24) is 0 Å². The molecule has 0 amide bonds. The summed E-state index contributed by atoms with van der Waals surface area (Å²) in [4.78, 5) is 5.02. The molecule has 0 aliphatic heterocycles. The van der Waals surface area contributed by atoms with Crippen molar-refractivity contribution in [3.05, 3.63) is 83.2 Å². The first kappa shape index (κ1) is 17.2. The van der Waals surface area contributed by atoms with Gasteiger partial charge in [-0.05, 0) is 51.7 Å². The van der Waals surface area contributed by atoms with Gasteiger partial charge in [-0.15, -0.1) is 0 Å². The normalized spacial score (nSPS) is 24.1. The molecule has 23 heavy (non-hydrogen) atoms. The Morgan fingerprint density at radius 2 is 2.09 bits per heavy atom. The van der Waals surface area contributed by atoms with E-state index in [1.165, 1.54) is 11.1 Å². The van der Waals surface area contributed by atoms with Crippen molar-refractivity contribution in [3.63, 3.8) is 0 Å². The van der Waals surface area contributed by atoms with Crippen LogP contribution in [0.3, 0.4) is 0 Å². The van der Waals surface area contributed by atoms with Crippen molar-refractivity contribution in [3.8, 4) is 0 Å². The van der Waals surface area contributed by atoms with Gasteiger partial charge in [-0.2, -0.15) is 0 Å². The molecule has 2 aliphatic rings. The SMILES string of the molecule is C=C(C)C1=C(/N=C(\C)C2C=C(C)C=CC2)/C(=C/C=C\C)C(=C)C1. The summed E-state index contributed by atoms with van der Waals surface area (Å²) in [6.45, 7) is 16.7. The molecule has 0 N–H and O–H groups in total. The van der Waals surface area contributed by atoms with Crippen LogP contribution in [0, 0.1) is 5.92 Å². The highest BCUT2D eigenvalue weighted by Gasteiger charge is 2.24. The van der Waals surface area contributed by atoms with E-state index >= 15 is 0 Å². The molecular weight excluding hydrogens is 278 g/mol. The Hall–Kier alpha value is -2.15. The zero-order chi connectivity index (χ0) is 17.0. The molecule has 2 rings (SSSR count). The minimum atomic E-state index is 0.385. The van der Waals surface area contributed by atoms with Gasteiger partial charge in [0, 0.05) is 17.2 Å². The maximum Gasteiger partial charge on any atom is 0.0741 e. The molecule has 0 bridgehead atoms. The molecule has 0 heterocycles. The first-order valence-corrected chi connectivity index (χ1v) is 8.24. The molecule has 0 radical (unpaired) electrons. The van der Waals surface area contributed by atoms with E-state index in [0.29, 0.717) is 5.92 Å². The standard InChI is InChI=1S/C22H27N/c1-7-8-12-20-17(5)14-21(15(2)3)22(20)23-18(6)19-11-9-10-16(4)13-19/h7-10,12-13,19H,2,5,11,14H2,1,3-4,6H3/b8-7-,20-12+,23-18+. The van der Waals surface area contributed by atoms with Gasteiger partial charge in [0.25, 0.3) is 0 Å². The lowest BCUT2D eigenvalue weighted by Gasteiger charge is -2.16. The van der Waals surface area contributed by atoms with Gasteiger partial charge in [-0.3, -0.25) is 4.99 Å². The second kappa shape index (κ2) is 7.41. The largest absolute Gasteiger partial charge is 0.257 e. The summed E-state index contributed by atoms with van der Waals surface area (Å²) in [6, 6.07) is 0. The van der Waals surface area contributed by atoms with Gasteiger partial charge < -0.3 is 0 Å². The maximum absolute atomic E-state index is 5.02. The van der Waals surface area contributed by atoms with E-state index in [1.807, 2.05) is 13.0 Å². The Kier molecular flexibility index (Phi) is 5.54. The lowest BCUT2D eigenvalue weighted by molar-refractivity contribution is 0.850. The molecule has 1 heteroatoms. The second-order valence-electron chi connectivity index (χ2n) is 6.40. The monoisotopic (exact) mass is 305 g/mol. The fraction of sp³-hybridized carbons (Fsp3) is 0.318. The minimum absolute atomic E-state index is 0.385. The predicted molar refractivity (Wildman–Crippen MR) is 103 cm³/mol. The van der Waals surface area contributed by atoms with Crippen LogP contribution in [0.4, 0.5) is 0 Å². The average molecular weight is 305 g/mol. The van der Waals surface area contributed by atoms with Crippen LogP contribution < -0.4 is 0 Å². The third-order valence-corrected chi connectivity index (χ3v) is 4.34. The van der Waals surface area contributed by atoms with Gasteiger partial charge in [0.2, 0.25) is 0 Å². The van der Waals surface area contributed by atoms with Gasteiger partial charge in [-0.1, -0.05) is 60.8 Å². The van der Waals surface area contributed by atoms with Crippen molar-refractivity contribution in [1.29, 1.82) is 0 Å². The summed E-state index contributed by atoms with van der Waals surface area (Å²) in [5.74, 6) is 0.385. The summed E-state index contributed by atoms with van der Waals surface area (Å²) < 4.78 is 0. The van der Waals surface area contributed by atoms with Crippen molar-refractivity contribution in [2.24, 2.45) is 10.9 Å². The number of allylic oxidation sites excluding steroid dienone is 10. The summed E-state index contributed by atoms with van der Waals surface area (Å²) in [5, 5.41) is 0. The van der Waals surface area contributed by atoms with Gasteiger partial charge >= 0.3 is 0 Å². The lowest BCUT2D eigenvalue weighted by Crippen LogP contribution is -2.11. The molecule has 1 atom stereocenters. The van der Waals surface area contributed by atoms with Gasteiger partial charge in [-0.25, -0.2) is 0 Å². The first-order valence-electron chi connectivity index (χ1n) is 8.24. The highest BCUT2D eigenvalue weighted by Crippen LogP contribution is 2.39. The Morgan fingerprint density at radius 1 is 1.35 bits per heavy atom. The number of hydrogen-bond acceptors (Lipinski definition) is 1. The Bertz CT molecular complexity index is 702. The second-order valence-corrected chi connectivity index (χ2v) is 6.40. The Labute approximate surface area is 140 Å². The molecule has 1 nitrogen and oxygen atoms in total. The molecule has 2 aliphatic carbocycles. The minimum Gasteiger partial charge on any atom is -0.257 e. The molecule has 0 spiro atoms. The number of rotatable bonds is 4. The van der Waals surface area contributed by atoms with Crippen LogP contribution in [0.2, 0.25) is 0 Å². The zero-order valence-electron chi connectivity index (χ0n) is 14.8. The highest BCUT2D eigenvalue weighted by molar-refractivity contribution is 5.88. The zero-order valence-corrected chi connectivity index (χ0v) is 14.8. The number of nitrogens with zero attached hydrogens (tertiary/aromatic N) is 1. The van der Waals surface area contributed by atoms with Crippen LogP contribution in [-0.4, -0.2) is 5.71 Å². The fourth-order valence-corrected chi connectivity index (χ4v) is 2.98. The summed E-state index contributed by atoms with van der Waals surface area (Å²) in [6.07, 6.45) is 14.8. The Morgan fingerprint density at radius 3 is 2.70 bits per heavy atom. The van der Waals surface area contributed by atoms with E-state index < -0.39 is 0 Å². The molecule has 0 aromatic heterocycles. The summed E-state index contributed by atoms with van der Waals surface area (Å²) in [7, 11) is 0. The maximum atomic E-state index is 5.02. The first-order chi connectivity index (χ1) is 10.9. The van der Waals surface area contributed by atoms with E-state index in [1.54, 1.807) is 0 Å². The van der Waals surface area contributed by atoms with Crippen LogP contribution in [0.5, 0.6) is 0 Å². The van der Waals surface area contributed by atoms with E-state index in [9.17, 15) is 0 Å². The van der Waals surface area contributed by atoms with Gasteiger partial charge in [0.15, 0.2) is 0 Å². The fourth-order valence-electron chi connectivity index (χ4n) is 2.98. The Balaban J connectivity index is 2.45. The predicted octanol–water partition coefficient (Wildman–Crippen LogP) is 6.26. The van der Waals surface area contributed by atoms with E-state index in [-0.39, 0.29) is 0 Å². The van der Waals surface area contributed by atoms with Gasteiger partial charge in [0.05, 0.1) is 5.70 Å². The summed E-state index contributed by atoms with van der Waals surface area (Å²) in [5.41, 5.74) is 8.09. The van der Waals surface area contributed by atoms with E-state index in [4.69, 9.17) is 4.99 Å².